The molecular formula is C25H24N+. The lowest BCUT2D eigenvalue weighted by molar-refractivity contribution is -0.684. The van der Waals surface area contributed by atoms with Crippen molar-refractivity contribution in [2.45, 2.75) is 26.8 Å². The molecule has 3 aromatic carbocycles. The Bertz CT molecular complexity index is 1030. The van der Waals surface area contributed by atoms with E-state index in [0.717, 1.165) is 13.0 Å². The number of rotatable bonds is 4. The molecule has 0 radical (unpaired) electrons. The number of pyridine rings is 1. The highest BCUT2D eigenvalue weighted by Gasteiger charge is 2.23. The lowest BCUT2D eigenvalue weighted by Crippen LogP contribution is -2.36. The van der Waals surface area contributed by atoms with E-state index in [1.165, 1.54) is 38.7 Å². The minimum atomic E-state index is 1.01. The fourth-order valence-corrected chi connectivity index (χ4v) is 3.74. The molecule has 0 N–H and O–H groups in total. The third-order valence-electron chi connectivity index (χ3n) is 4.87. The highest BCUT2D eigenvalue weighted by molar-refractivity contribution is 6.01. The maximum atomic E-state index is 2.43. The summed E-state index contributed by atoms with van der Waals surface area (Å²) in [5, 5.41) is 2.62. The summed E-state index contributed by atoms with van der Waals surface area (Å²) in [6.45, 7) is 5.41. The molecule has 0 amide bonds. The Kier molecular flexibility index (Phi) is 4.53. The molecule has 0 aliphatic heterocycles. The van der Waals surface area contributed by atoms with Gasteiger partial charge in [-0.15, -0.1) is 0 Å². The van der Waals surface area contributed by atoms with Crippen LogP contribution in [0.25, 0.3) is 33.2 Å². The predicted molar refractivity (Wildman–Crippen MR) is 110 cm³/mol. The fraction of sp³-hybridized carbons (Fsp3) is 0.160. The SMILES string of the molecule is CCC[n+]1cc2cc(C)ccc2c(-c2ccccc2)c1-c1ccccc1. The number of benzene rings is 3. The summed E-state index contributed by atoms with van der Waals surface area (Å²) < 4.78 is 2.43. The van der Waals surface area contributed by atoms with Gasteiger partial charge in [-0.1, -0.05) is 73.2 Å². The summed E-state index contributed by atoms with van der Waals surface area (Å²) in [7, 11) is 0. The Morgan fingerprint density at radius 1 is 0.769 bits per heavy atom. The second kappa shape index (κ2) is 7.13. The smallest absolute Gasteiger partial charge is 0.197 e. The van der Waals surface area contributed by atoms with Gasteiger partial charge < -0.3 is 0 Å². The van der Waals surface area contributed by atoms with E-state index in [-0.39, 0.29) is 0 Å². The average molecular weight is 338 g/mol. The second-order valence-corrected chi connectivity index (χ2v) is 6.87. The summed E-state index contributed by atoms with van der Waals surface area (Å²) >= 11 is 0. The molecule has 0 spiro atoms. The first-order chi connectivity index (χ1) is 12.8. The van der Waals surface area contributed by atoms with Gasteiger partial charge in [-0.05, 0) is 30.7 Å². The van der Waals surface area contributed by atoms with Gasteiger partial charge in [-0.25, -0.2) is 0 Å². The van der Waals surface area contributed by atoms with Gasteiger partial charge in [0.05, 0.1) is 5.56 Å². The zero-order chi connectivity index (χ0) is 17.9. The van der Waals surface area contributed by atoms with Crippen molar-refractivity contribution in [2.75, 3.05) is 0 Å². The normalized spacial score (nSPS) is 11.0. The number of nitrogens with zero attached hydrogens (tertiary/aromatic N) is 1. The maximum absolute atomic E-state index is 2.43. The van der Waals surface area contributed by atoms with E-state index in [4.69, 9.17) is 0 Å². The van der Waals surface area contributed by atoms with Crippen molar-refractivity contribution < 1.29 is 4.57 Å². The molecular weight excluding hydrogens is 314 g/mol. The van der Waals surface area contributed by atoms with Gasteiger partial charge in [-0.3, -0.25) is 0 Å². The fourth-order valence-electron chi connectivity index (χ4n) is 3.74. The molecule has 4 rings (SSSR count). The van der Waals surface area contributed by atoms with Crippen molar-refractivity contribution in [3.63, 3.8) is 0 Å². The van der Waals surface area contributed by atoms with Crippen molar-refractivity contribution in [1.29, 1.82) is 0 Å². The van der Waals surface area contributed by atoms with Crippen molar-refractivity contribution in [3.05, 3.63) is 90.6 Å². The van der Waals surface area contributed by atoms with E-state index in [9.17, 15) is 0 Å². The third-order valence-corrected chi connectivity index (χ3v) is 4.87. The zero-order valence-corrected chi connectivity index (χ0v) is 15.4. The molecule has 0 unspecified atom stereocenters. The summed E-state index contributed by atoms with van der Waals surface area (Å²) in [6, 6.07) is 28.3. The van der Waals surface area contributed by atoms with Gasteiger partial charge in [-0.2, -0.15) is 4.57 Å². The monoisotopic (exact) mass is 338 g/mol. The Hall–Kier alpha value is -2.93. The van der Waals surface area contributed by atoms with Crippen LogP contribution in [0.5, 0.6) is 0 Å². The largest absolute Gasteiger partial charge is 0.221 e. The zero-order valence-electron chi connectivity index (χ0n) is 15.4. The van der Waals surface area contributed by atoms with Crippen LogP contribution in [-0.4, -0.2) is 0 Å². The molecule has 1 heterocycles. The standard InChI is InChI=1S/C25H24N/c1-3-16-26-18-22-17-19(2)14-15-23(22)24(20-10-6-4-7-11-20)25(26)21-12-8-5-9-13-21/h4-15,17-18H,3,16H2,1-2H3/q+1. The van der Waals surface area contributed by atoms with E-state index in [0.29, 0.717) is 0 Å². The van der Waals surface area contributed by atoms with Gasteiger partial charge in [0.15, 0.2) is 6.20 Å². The van der Waals surface area contributed by atoms with Crippen molar-refractivity contribution in [1.82, 2.24) is 0 Å². The third kappa shape index (κ3) is 3.01. The highest BCUT2D eigenvalue weighted by Crippen LogP contribution is 2.36. The predicted octanol–water partition coefficient (Wildman–Crippen LogP) is 6.18. The van der Waals surface area contributed by atoms with Gasteiger partial charge in [0.25, 0.3) is 0 Å². The van der Waals surface area contributed by atoms with Crippen LogP contribution >= 0.6 is 0 Å². The lowest BCUT2D eigenvalue weighted by atomic mass is 9.93. The van der Waals surface area contributed by atoms with Crippen LogP contribution < -0.4 is 4.57 Å². The lowest BCUT2D eigenvalue weighted by Gasteiger charge is -2.14. The summed E-state index contributed by atoms with van der Waals surface area (Å²) in [6.07, 6.45) is 3.43. The molecule has 0 fully saturated rings. The molecule has 0 saturated heterocycles. The molecule has 26 heavy (non-hydrogen) atoms. The minimum absolute atomic E-state index is 1.01. The molecule has 4 aromatic rings. The molecule has 0 atom stereocenters. The number of fused-ring (bicyclic) bond motifs is 1. The molecule has 128 valence electrons. The molecule has 1 aromatic heterocycles. The van der Waals surface area contributed by atoms with Crippen LogP contribution in [0.4, 0.5) is 0 Å². The second-order valence-electron chi connectivity index (χ2n) is 6.87. The van der Waals surface area contributed by atoms with Crippen LogP contribution in [0.15, 0.2) is 85.1 Å². The maximum Gasteiger partial charge on any atom is 0.221 e. The Morgan fingerprint density at radius 2 is 1.42 bits per heavy atom. The summed E-state index contributed by atoms with van der Waals surface area (Å²) in [5.41, 5.74) is 6.46. The van der Waals surface area contributed by atoms with Gasteiger partial charge in [0.1, 0.15) is 6.54 Å². The van der Waals surface area contributed by atoms with Crippen molar-refractivity contribution >= 4 is 10.8 Å². The first-order valence-corrected chi connectivity index (χ1v) is 9.35. The number of hydrogen-bond donors (Lipinski definition) is 0. The number of hydrogen-bond acceptors (Lipinski definition) is 0. The van der Waals surface area contributed by atoms with E-state index >= 15 is 0 Å². The first-order valence-electron chi connectivity index (χ1n) is 9.35. The molecule has 0 saturated carbocycles. The Balaban J connectivity index is 2.15. The summed E-state index contributed by atoms with van der Waals surface area (Å²) in [5.74, 6) is 0. The van der Waals surface area contributed by atoms with Crippen LogP contribution in [0.3, 0.4) is 0 Å². The molecule has 0 bridgehead atoms. The number of aryl methyl sites for hydroxylation is 2. The Labute approximate surface area is 155 Å². The Morgan fingerprint density at radius 3 is 2.08 bits per heavy atom. The molecule has 0 aliphatic carbocycles. The van der Waals surface area contributed by atoms with Crippen LogP contribution in [-0.2, 0) is 6.54 Å². The minimum Gasteiger partial charge on any atom is -0.197 e. The van der Waals surface area contributed by atoms with Gasteiger partial charge >= 0.3 is 0 Å². The van der Waals surface area contributed by atoms with E-state index in [2.05, 4.69) is 103 Å². The van der Waals surface area contributed by atoms with Crippen LogP contribution in [0.1, 0.15) is 18.9 Å². The van der Waals surface area contributed by atoms with E-state index < -0.39 is 0 Å². The summed E-state index contributed by atoms with van der Waals surface area (Å²) in [4.78, 5) is 0. The van der Waals surface area contributed by atoms with E-state index in [1.54, 1.807) is 0 Å². The highest BCUT2D eigenvalue weighted by atomic mass is 15.0. The van der Waals surface area contributed by atoms with Gasteiger partial charge in [0, 0.05) is 22.8 Å². The topological polar surface area (TPSA) is 3.88 Å². The van der Waals surface area contributed by atoms with Crippen LogP contribution in [0.2, 0.25) is 0 Å². The molecule has 1 heteroatoms. The molecule has 0 aliphatic rings. The average Bonchev–Trinajstić information content (AvgIpc) is 2.68. The first kappa shape index (κ1) is 16.5. The van der Waals surface area contributed by atoms with E-state index in [1.807, 2.05) is 0 Å². The quantitative estimate of drug-likeness (QED) is 0.391. The van der Waals surface area contributed by atoms with Crippen molar-refractivity contribution in [2.24, 2.45) is 0 Å². The number of aromatic nitrogens is 1. The van der Waals surface area contributed by atoms with Gasteiger partial charge in [0.2, 0.25) is 5.69 Å². The molecule has 1 nitrogen and oxygen atoms in total. The van der Waals surface area contributed by atoms with Crippen LogP contribution in [0, 0.1) is 6.92 Å². The van der Waals surface area contributed by atoms with Crippen molar-refractivity contribution in [3.8, 4) is 22.4 Å².